The van der Waals surface area contributed by atoms with Crippen LogP contribution in [0.25, 0.3) is 11.4 Å². The van der Waals surface area contributed by atoms with E-state index in [1.54, 1.807) is 0 Å². The van der Waals surface area contributed by atoms with Crippen molar-refractivity contribution in [2.45, 2.75) is 64.6 Å². The van der Waals surface area contributed by atoms with Gasteiger partial charge in [0.2, 0.25) is 5.91 Å². The molecule has 1 aliphatic rings. The zero-order chi connectivity index (χ0) is 26.4. The number of hydrogen-bond donors (Lipinski definition) is 1. The molecular formula is C27H34N4O4S2. The monoisotopic (exact) mass is 542 g/mol. The van der Waals surface area contributed by atoms with Crippen LogP contribution < -0.4 is 10.1 Å². The third kappa shape index (κ3) is 6.54. The largest absolute Gasteiger partial charge is 0.493 e. The van der Waals surface area contributed by atoms with Crippen LogP contribution in [0.1, 0.15) is 60.8 Å². The van der Waals surface area contributed by atoms with Gasteiger partial charge >= 0.3 is 5.97 Å². The van der Waals surface area contributed by atoms with Crippen LogP contribution in [0.15, 0.2) is 29.4 Å². The molecule has 0 radical (unpaired) electrons. The number of methoxy groups -OCH3 is 1. The summed E-state index contributed by atoms with van der Waals surface area (Å²) in [4.78, 5) is 26.6. The van der Waals surface area contributed by atoms with Crippen LogP contribution >= 0.6 is 23.1 Å². The normalized spacial score (nSPS) is 13.2. The molecule has 0 fully saturated rings. The molecule has 0 saturated carbocycles. The van der Waals surface area contributed by atoms with Gasteiger partial charge < -0.3 is 19.4 Å². The SMILES string of the molecule is CCn1c(SCC(=O)Nc2sc3c(c2C(=O)OC)CCCCC3)nnc1-c1ccc(OCC(C)C)cc1. The van der Waals surface area contributed by atoms with Crippen LogP contribution in [-0.2, 0) is 28.9 Å². The topological polar surface area (TPSA) is 95.3 Å². The van der Waals surface area contributed by atoms with Crippen LogP contribution in [0.4, 0.5) is 5.00 Å². The second-order valence-electron chi connectivity index (χ2n) is 9.38. The molecule has 0 saturated heterocycles. The molecular weight excluding hydrogens is 508 g/mol. The highest BCUT2D eigenvalue weighted by Gasteiger charge is 2.26. The molecule has 0 aliphatic heterocycles. The number of benzene rings is 1. The average molecular weight is 543 g/mol. The molecule has 1 amide bonds. The lowest BCUT2D eigenvalue weighted by molar-refractivity contribution is -0.113. The Morgan fingerprint density at radius 1 is 1.14 bits per heavy atom. The Bertz CT molecular complexity index is 1230. The number of carbonyl (C=O) groups is 2. The Balaban J connectivity index is 1.44. The molecule has 8 nitrogen and oxygen atoms in total. The van der Waals surface area contributed by atoms with Crippen LogP contribution in [0.5, 0.6) is 5.75 Å². The number of anilines is 1. The van der Waals surface area contributed by atoms with E-state index in [0.717, 1.165) is 54.8 Å². The zero-order valence-corrected chi connectivity index (χ0v) is 23.5. The number of carbonyl (C=O) groups excluding carboxylic acids is 2. The van der Waals surface area contributed by atoms with Crippen molar-refractivity contribution in [3.8, 4) is 17.1 Å². The van der Waals surface area contributed by atoms with Crippen LogP contribution in [0.3, 0.4) is 0 Å². The minimum atomic E-state index is -0.390. The Morgan fingerprint density at radius 3 is 2.59 bits per heavy atom. The Hall–Kier alpha value is -2.85. The lowest BCUT2D eigenvalue weighted by Crippen LogP contribution is -2.16. The van der Waals surface area contributed by atoms with E-state index in [1.807, 2.05) is 35.8 Å². The fourth-order valence-corrected chi connectivity index (χ4v) is 6.39. The maximum atomic E-state index is 12.9. The van der Waals surface area contributed by atoms with Crippen molar-refractivity contribution >= 4 is 40.0 Å². The van der Waals surface area contributed by atoms with E-state index < -0.39 is 5.97 Å². The predicted molar refractivity (Wildman–Crippen MR) is 148 cm³/mol. The minimum absolute atomic E-state index is 0.156. The third-order valence-corrected chi connectivity index (χ3v) is 8.30. The number of hydrogen-bond acceptors (Lipinski definition) is 8. The molecule has 3 aromatic rings. The van der Waals surface area contributed by atoms with Gasteiger partial charge in [0.05, 0.1) is 25.0 Å². The molecule has 0 bridgehead atoms. The fourth-order valence-electron chi connectivity index (χ4n) is 4.30. The van der Waals surface area contributed by atoms with Gasteiger partial charge in [0, 0.05) is 17.0 Å². The molecule has 1 N–H and O–H groups in total. The van der Waals surface area contributed by atoms with Gasteiger partial charge in [-0.1, -0.05) is 32.0 Å². The second kappa shape index (κ2) is 12.6. The minimum Gasteiger partial charge on any atom is -0.493 e. The number of thiophene rings is 1. The van der Waals surface area contributed by atoms with Crippen molar-refractivity contribution in [1.29, 1.82) is 0 Å². The maximum Gasteiger partial charge on any atom is 0.341 e. The van der Waals surface area contributed by atoms with Crippen molar-refractivity contribution in [2.75, 3.05) is 24.8 Å². The quantitative estimate of drug-likeness (QED) is 0.195. The van der Waals surface area contributed by atoms with E-state index in [4.69, 9.17) is 9.47 Å². The first-order chi connectivity index (χ1) is 17.9. The summed E-state index contributed by atoms with van der Waals surface area (Å²) in [5, 5.41) is 12.9. The number of amides is 1. The number of rotatable bonds is 10. The van der Waals surface area contributed by atoms with Crippen molar-refractivity contribution in [2.24, 2.45) is 5.92 Å². The molecule has 37 heavy (non-hydrogen) atoms. The van der Waals surface area contributed by atoms with Crippen LogP contribution in [0.2, 0.25) is 0 Å². The van der Waals surface area contributed by atoms with Crippen molar-refractivity contribution in [3.63, 3.8) is 0 Å². The van der Waals surface area contributed by atoms with E-state index in [-0.39, 0.29) is 11.7 Å². The molecule has 4 rings (SSSR count). The summed E-state index contributed by atoms with van der Waals surface area (Å²) in [6.07, 6.45) is 5.06. The van der Waals surface area contributed by atoms with E-state index in [1.165, 1.54) is 35.1 Å². The van der Waals surface area contributed by atoms with Gasteiger partial charge in [-0.25, -0.2) is 4.79 Å². The average Bonchev–Trinajstić information content (AvgIpc) is 3.38. The number of aromatic nitrogens is 3. The molecule has 1 aliphatic carbocycles. The number of aryl methyl sites for hydroxylation is 1. The molecule has 2 heterocycles. The molecule has 0 unspecified atom stereocenters. The third-order valence-electron chi connectivity index (χ3n) is 6.13. The van der Waals surface area contributed by atoms with Crippen LogP contribution in [0, 0.1) is 5.92 Å². The van der Waals surface area contributed by atoms with Crippen molar-refractivity contribution in [3.05, 3.63) is 40.3 Å². The number of ether oxygens (including phenoxy) is 2. The summed E-state index contributed by atoms with van der Waals surface area (Å²) in [7, 11) is 1.38. The van der Waals surface area contributed by atoms with E-state index in [2.05, 4.69) is 29.4 Å². The highest BCUT2D eigenvalue weighted by molar-refractivity contribution is 7.99. The standard InChI is InChI=1S/C27H34N4O4S2/c1-5-31-24(18-11-13-19(14-12-18)35-15-17(2)3)29-30-27(31)36-16-22(32)28-25-23(26(33)34-4)20-9-7-6-8-10-21(20)37-25/h11-14,17H,5-10,15-16H2,1-4H3,(H,28,32). The number of nitrogens with one attached hydrogen (secondary N) is 1. The molecule has 1 aromatic carbocycles. The van der Waals surface area contributed by atoms with Gasteiger partial charge in [0.1, 0.15) is 10.8 Å². The van der Waals surface area contributed by atoms with Gasteiger partial charge in [-0.3, -0.25) is 4.79 Å². The highest BCUT2D eigenvalue weighted by atomic mass is 32.2. The van der Waals surface area contributed by atoms with Gasteiger partial charge in [0.15, 0.2) is 11.0 Å². The fraction of sp³-hybridized carbons (Fsp3) is 0.481. The lowest BCUT2D eigenvalue weighted by atomic mass is 10.1. The summed E-state index contributed by atoms with van der Waals surface area (Å²) in [6.45, 7) is 7.60. The van der Waals surface area contributed by atoms with Gasteiger partial charge in [0.25, 0.3) is 0 Å². The summed E-state index contributed by atoms with van der Waals surface area (Å²) in [5.41, 5.74) is 2.49. The molecule has 0 atom stereocenters. The second-order valence-corrected chi connectivity index (χ2v) is 11.4. The molecule has 10 heteroatoms. The highest BCUT2D eigenvalue weighted by Crippen LogP contribution is 2.38. The number of fused-ring (bicyclic) bond motifs is 1. The summed E-state index contributed by atoms with van der Waals surface area (Å²) in [5.74, 6) is 1.60. The summed E-state index contributed by atoms with van der Waals surface area (Å²) in [6, 6.07) is 7.83. The summed E-state index contributed by atoms with van der Waals surface area (Å²) >= 11 is 2.83. The predicted octanol–water partition coefficient (Wildman–Crippen LogP) is 5.85. The van der Waals surface area contributed by atoms with Crippen molar-refractivity contribution in [1.82, 2.24) is 14.8 Å². The van der Waals surface area contributed by atoms with E-state index in [9.17, 15) is 9.59 Å². The Morgan fingerprint density at radius 2 is 1.89 bits per heavy atom. The Kier molecular flexibility index (Phi) is 9.26. The molecule has 0 spiro atoms. The van der Waals surface area contributed by atoms with E-state index >= 15 is 0 Å². The summed E-state index contributed by atoms with van der Waals surface area (Å²) < 4.78 is 12.8. The molecule has 198 valence electrons. The smallest absolute Gasteiger partial charge is 0.341 e. The van der Waals surface area contributed by atoms with Gasteiger partial charge in [-0.15, -0.1) is 21.5 Å². The first-order valence-electron chi connectivity index (χ1n) is 12.7. The first kappa shape index (κ1) is 27.2. The molecule has 2 aromatic heterocycles. The zero-order valence-electron chi connectivity index (χ0n) is 21.8. The lowest BCUT2D eigenvalue weighted by Gasteiger charge is -2.10. The van der Waals surface area contributed by atoms with E-state index in [0.29, 0.717) is 34.8 Å². The number of thioether (sulfide) groups is 1. The number of nitrogens with zero attached hydrogens (tertiary/aromatic N) is 3. The number of esters is 1. The van der Waals surface area contributed by atoms with Crippen molar-refractivity contribution < 1.29 is 19.1 Å². The van der Waals surface area contributed by atoms with Gasteiger partial charge in [-0.05, 0) is 68.4 Å². The maximum absolute atomic E-state index is 12.9. The van der Waals surface area contributed by atoms with Crippen LogP contribution in [-0.4, -0.2) is 46.1 Å². The van der Waals surface area contributed by atoms with Gasteiger partial charge in [-0.2, -0.15) is 0 Å². The first-order valence-corrected chi connectivity index (χ1v) is 14.5. The Labute approximate surface area is 226 Å².